The molecule has 0 rings (SSSR count). The molecule has 5 heteroatoms. The van der Waals surface area contributed by atoms with Gasteiger partial charge in [-0.25, -0.2) is 0 Å². The van der Waals surface area contributed by atoms with Crippen LogP contribution in [-0.4, -0.2) is 36.1 Å². The lowest BCUT2D eigenvalue weighted by atomic mass is 10.0. The van der Waals surface area contributed by atoms with Crippen LogP contribution in [0.25, 0.3) is 0 Å². The van der Waals surface area contributed by atoms with Crippen LogP contribution in [-0.2, 0) is 9.59 Å². The van der Waals surface area contributed by atoms with E-state index < -0.39 is 5.97 Å². The van der Waals surface area contributed by atoms with Crippen LogP contribution in [0.2, 0.25) is 0 Å². The Labute approximate surface area is 128 Å². The molecule has 0 saturated carbocycles. The second-order valence-corrected chi connectivity index (χ2v) is 6.44. The van der Waals surface area contributed by atoms with E-state index in [9.17, 15) is 9.59 Å². The molecule has 0 aromatic rings. The van der Waals surface area contributed by atoms with E-state index >= 15 is 0 Å². The van der Waals surface area contributed by atoms with Crippen LogP contribution in [0.4, 0.5) is 0 Å². The van der Waals surface area contributed by atoms with Crippen molar-refractivity contribution < 1.29 is 14.7 Å². The number of carboxylic acids is 1. The molecule has 5 nitrogen and oxygen atoms in total. The monoisotopic (exact) mass is 300 g/mol. The highest BCUT2D eigenvalue weighted by Gasteiger charge is 2.09. The fraction of sp³-hybridized carbons (Fsp3) is 0.875. The number of carbonyl (C=O) groups is 2. The summed E-state index contributed by atoms with van der Waals surface area (Å²) >= 11 is 0. The van der Waals surface area contributed by atoms with Crippen molar-refractivity contribution in [3.63, 3.8) is 0 Å². The number of nitrogens with one attached hydrogen (secondary N) is 2. The van der Waals surface area contributed by atoms with E-state index in [-0.39, 0.29) is 18.4 Å². The molecular formula is C16H32N2O3. The van der Waals surface area contributed by atoms with E-state index in [0.717, 1.165) is 25.8 Å². The first-order chi connectivity index (χ1) is 9.81. The van der Waals surface area contributed by atoms with Gasteiger partial charge in [-0.3, -0.25) is 9.59 Å². The van der Waals surface area contributed by atoms with Gasteiger partial charge in [-0.2, -0.15) is 0 Å². The number of hydrogen-bond donors (Lipinski definition) is 3. The maximum absolute atomic E-state index is 11.7. The van der Waals surface area contributed by atoms with Gasteiger partial charge in [0.1, 0.15) is 0 Å². The van der Waals surface area contributed by atoms with Crippen LogP contribution in [0.1, 0.15) is 59.8 Å². The van der Waals surface area contributed by atoms with E-state index in [1.165, 1.54) is 0 Å². The highest BCUT2D eigenvalue weighted by molar-refractivity contribution is 5.78. The first kappa shape index (κ1) is 19.9. The van der Waals surface area contributed by atoms with Crippen molar-refractivity contribution in [1.82, 2.24) is 10.6 Å². The number of aliphatic carboxylic acids is 1. The average molecular weight is 300 g/mol. The molecule has 0 aliphatic carbocycles. The molecule has 1 amide bonds. The molecule has 0 aliphatic rings. The molecule has 21 heavy (non-hydrogen) atoms. The Morgan fingerprint density at radius 3 is 2.24 bits per heavy atom. The fourth-order valence-corrected chi connectivity index (χ4v) is 2.05. The number of hydrogen-bond acceptors (Lipinski definition) is 3. The van der Waals surface area contributed by atoms with Gasteiger partial charge in [-0.15, -0.1) is 0 Å². The molecule has 2 unspecified atom stereocenters. The highest BCUT2D eigenvalue weighted by atomic mass is 16.4. The molecule has 0 aromatic carbocycles. The lowest BCUT2D eigenvalue weighted by Gasteiger charge is -2.16. The summed E-state index contributed by atoms with van der Waals surface area (Å²) in [6, 6.07) is 0.219. The zero-order valence-corrected chi connectivity index (χ0v) is 13.9. The second kappa shape index (κ2) is 11.5. The maximum Gasteiger partial charge on any atom is 0.303 e. The molecule has 0 aliphatic heterocycles. The summed E-state index contributed by atoms with van der Waals surface area (Å²) in [5.74, 6) is 0.311. The Bertz CT molecular complexity index is 306. The molecular weight excluding hydrogens is 268 g/mol. The number of carboxylic acid groups (broad SMARTS) is 1. The molecule has 0 fully saturated rings. The summed E-state index contributed by atoms with van der Waals surface area (Å²) in [5, 5.41) is 14.7. The Hall–Kier alpha value is -1.10. The minimum absolute atomic E-state index is 0.0319. The van der Waals surface area contributed by atoms with Gasteiger partial charge in [-0.1, -0.05) is 20.8 Å². The van der Waals surface area contributed by atoms with Gasteiger partial charge < -0.3 is 15.7 Å². The third-order valence-corrected chi connectivity index (χ3v) is 3.53. The minimum atomic E-state index is -0.746. The zero-order chi connectivity index (χ0) is 16.3. The van der Waals surface area contributed by atoms with Gasteiger partial charge >= 0.3 is 5.97 Å². The van der Waals surface area contributed by atoms with Gasteiger partial charge in [0, 0.05) is 12.5 Å². The SMILES string of the molecule is CC(C)CCC(C)NC(=O)CNCCC(C)CCC(=O)O. The minimum Gasteiger partial charge on any atom is -0.481 e. The maximum atomic E-state index is 11.7. The van der Waals surface area contributed by atoms with E-state index in [4.69, 9.17) is 5.11 Å². The molecule has 124 valence electrons. The van der Waals surface area contributed by atoms with Crippen molar-refractivity contribution in [2.24, 2.45) is 11.8 Å². The van der Waals surface area contributed by atoms with Crippen molar-refractivity contribution in [2.75, 3.05) is 13.1 Å². The highest BCUT2D eigenvalue weighted by Crippen LogP contribution is 2.09. The molecule has 0 bridgehead atoms. The van der Waals surface area contributed by atoms with Gasteiger partial charge in [0.15, 0.2) is 0 Å². The predicted molar refractivity (Wildman–Crippen MR) is 85.2 cm³/mol. The van der Waals surface area contributed by atoms with Crippen LogP contribution >= 0.6 is 0 Å². The first-order valence-electron chi connectivity index (χ1n) is 8.03. The number of amides is 1. The molecule has 0 heterocycles. The summed E-state index contributed by atoms with van der Waals surface area (Å²) in [6.45, 7) is 9.52. The van der Waals surface area contributed by atoms with Crippen molar-refractivity contribution >= 4 is 11.9 Å². The van der Waals surface area contributed by atoms with Crippen LogP contribution in [0.15, 0.2) is 0 Å². The molecule has 2 atom stereocenters. The average Bonchev–Trinajstić information content (AvgIpc) is 2.39. The third kappa shape index (κ3) is 13.6. The molecule has 0 aromatic heterocycles. The van der Waals surface area contributed by atoms with Crippen molar-refractivity contribution in [3.8, 4) is 0 Å². The van der Waals surface area contributed by atoms with E-state index in [2.05, 4.69) is 24.5 Å². The summed E-state index contributed by atoms with van der Waals surface area (Å²) in [6.07, 6.45) is 3.93. The van der Waals surface area contributed by atoms with Crippen molar-refractivity contribution in [3.05, 3.63) is 0 Å². The van der Waals surface area contributed by atoms with E-state index in [1.54, 1.807) is 0 Å². The largest absolute Gasteiger partial charge is 0.481 e. The van der Waals surface area contributed by atoms with Crippen LogP contribution in [0.5, 0.6) is 0 Å². The Morgan fingerprint density at radius 2 is 1.67 bits per heavy atom. The third-order valence-electron chi connectivity index (χ3n) is 3.53. The van der Waals surface area contributed by atoms with E-state index in [0.29, 0.717) is 24.8 Å². The Balaban J connectivity index is 3.59. The second-order valence-electron chi connectivity index (χ2n) is 6.44. The predicted octanol–water partition coefficient (Wildman–Crippen LogP) is 2.41. The topological polar surface area (TPSA) is 78.4 Å². The lowest BCUT2D eigenvalue weighted by molar-refractivity contribution is -0.137. The van der Waals surface area contributed by atoms with Crippen LogP contribution in [0.3, 0.4) is 0 Å². The molecule has 0 spiro atoms. The summed E-state index contributed by atoms with van der Waals surface area (Å²) in [5.41, 5.74) is 0. The first-order valence-corrected chi connectivity index (χ1v) is 8.03. The smallest absolute Gasteiger partial charge is 0.303 e. The molecule has 0 saturated heterocycles. The summed E-state index contributed by atoms with van der Waals surface area (Å²) < 4.78 is 0. The van der Waals surface area contributed by atoms with Crippen molar-refractivity contribution in [2.45, 2.75) is 65.8 Å². The molecule has 3 N–H and O–H groups in total. The van der Waals surface area contributed by atoms with Crippen molar-refractivity contribution in [1.29, 1.82) is 0 Å². The Morgan fingerprint density at radius 1 is 1.00 bits per heavy atom. The normalized spacial score (nSPS) is 14.0. The molecule has 0 radical (unpaired) electrons. The summed E-state index contributed by atoms with van der Waals surface area (Å²) in [4.78, 5) is 22.2. The quantitative estimate of drug-likeness (QED) is 0.484. The number of carbonyl (C=O) groups excluding carboxylic acids is 1. The van der Waals surface area contributed by atoms with E-state index in [1.807, 2.05) is 13.8 Å². The van der Waals surface area contributed by atoms with Gasteiger partial charge in [-0.05, 0) is 51.0 Å². The van der Waals surface area contributed by atoms with Gasteiger partial charge in [0.2, 0.25) is 5.91 Å². The van der Waals surface area contributed by atoms with Gasteiger partial charge in [0.05, 0.1) is 6.54 Å². The summed E-state index contributed by atoms with van der Waals surface area (Å²) in [7, 11) is 0. The Kier molecular flexibility index (Phi) is 10.9. The lowest BCUT2D eigenvalue weighted by Crippen LogP contribution is -2.39. The zero-order valence-electron chi connectivity index (χ0n) is 13.9. The van der Waals surface area contributed by atoms with Crippen LogP contribution in [0, 0.1) is 11.8 Å². The number of rotatable bonds is 12. The standard InChI is InChI=1S/C16H32N2O3/c1-12(2)5-7-14(4)18-15(19)11-17-10-9-13(3)6-8-16(20)21/h12-14,17H,5-11H2,1-4H3,(H,18,19)(H,20,21). The van der Waals surface area contributed by atoms with Crippen LogP contribution < -0.4 is 10.6 Å². The van der Waals surface area contributed by atoms with Gasteiger partial charge in [0.25, 0.3) is 0 Å². The fourth-order valence-electron chi connectivity index (χ4n) is 2.05.